The van der Waals surface area contributed by atoms with E-state index in [1.54, 1.807) is 34.8 Å². The minimum Gasteiger partial charge on any atom is -0.467 e. The van der Waals surface area contributed by atoms with Crippen molar-refractivity contribution in [2.24, 2.45) is 0 Å². The minimum absolute atomic E-state index is 0.138. The summed E-state index contributed by atoms with van der Waals surface area (Å²) in [5.74, 6) is 1.17. The normalized spacial score (nSPS) is 12.4. The average Bonchev–Trinajstić information content (AvgIpc) is 3.27. The van der Waals surface area contributed by atoms with Crippen molar-refractivity contribution in [2.75, 3.05) is 4.90 Å². The summed E-state index contributed by atoms with van der Waals surface area (Å²) in [5.41, 5.74) is 0. The predicted octanol–water partition coefficient (Wildman–Crippen LogP) is 4.54. The van der Waals surface area contributed by atoms with Crippen LogP contribution in [0.2, 0.25) is 0 Å². The number of hydrogen-bond acceptors (Lipinski definition) is 4. The van der Waals surface area contributed by atoms with E-state index >= 15 is 0 Å². The number of carbonyl (C=O) groups excluding carboxylic acids is 1. The van der Waals surface area contributed by atoms with Gasteiger partial charge in [0.2, 0.25) is 0 Å². The maximum absolute atomic E-state index is 12.7. The van der Waals surface area contributed by atoms with Crippen molar-refractivity contribution in [3.63, 3.8) is 0 Å². The lowest BCUT2D eigenvalue weighted by molar-refractivity contribution is -0.114. The van der Waals surface area contributed by atoms with Crippen molar-refractivity contribution in [2.45, 2.75) is 13.0 Å². The van der Waals surface area contributed by atoms with E-state index in [4.69, 9.17) is 4.42 Å². The quantitative estimate of drug-likeness (QED) is 0.647. The fourth-order valence-electron chi connectivity index (χ4n) is 2.27. The van der Waals surface area contributed by atoms with Crippen LogP contribution in [-0.2, 0) is 4.79 Å². The molecule has 0 saturated heterocycles. The number of aromatic nitrogens is 1. The van der Waals surface area contributed by atoms with Crippen LogP contribution < -0.4 is 4.90 Å². The van der Waals surface area contributed by atoms with E-state index in [2.05, 4.69) is 4.98 Å². The fraction of sp³-hybridized carbons (Fsp3) is 0.111. The van der Waals surface area contributed by atoms with Gasteiger partial charge in [-0.25, -0.2) is 4.98 Å². The average molecular weight is 324 g/mol. The van der Waals surface area contributed by atoms with E-state index in [0.717, 1.165) is 4.88 Å². The van der Waals surface area contributed by atoms with Gasteiger partial charge in [-0.15, -0.1) is 11.3 Å². The highest BCUT2D eigenvalue weighted by Crippen LogP contribution is 2.26. The summed E-state index contributed by atoms with van der Waals surface area (Å²) in [6.45, 7) is 1.92. The molecule has 0 aliphatic heterocycles. The van der Waals surface area contributed by atoms with Gasteiger partial charge < -0.3 is 4.42 Å². The van der Waals surface area contributed by atoms with E-state index in [-0.39, 0.29) is 11.9 Å². The zero-order valence-corrected chi connectivity index (χ0v) is 13.4. The number of anilines is 1. The Balaban J connectivity index is 1.90. The Hall–Kier alpha value is -2.66. The first-order valence-electron chi connectivity index (χ1n) is 7.25. The fourth-order valence-corrected chi connectivity index (χ4v) is 2.89. The molecule has 3 aromatic rings. The van der Waals surface area contributed by atoms with Gasteiger partial charge in [0, 0.05) is 17.2 Å². The van der Waals surface area contributed by atoms with E-state index < -0.39 is 0 Å². The Morgan fingerprint density at radius 1 is 1.26 bits per heavy atom. The van der Waals surface area contributed by atoms with Crippen LogP contribution in [-0.4, -0.2) is 10.9 Å². The molecule has 0 bridgehead atoms. The van der Waals surface area contributed by atoms with Gasteiger partial charge in [0.15, 0.2) is 0 Å². The van der Waals surface area contributed by atoms with Gasteiger partial charge in [0.25, 0.3) is 5.91 Å². The number of nitrogens with zero attached hydrogens (tertiary/aromatic N) is 2. The van der Waals surface area contributed by atoms with Crippen molar-refractivity contribution >= 4 is 29.1 Å². The third-order valence-corrected chi connectivity index (χ3v) is 4.25. The first-order chi connectivity index (χ1) is 11.3. The second-order valence-electron chi connectivity index (χ2n) is 4.94. The zero-order valence-electron chi connectivity index (χ0n) is 12.6. The van der Waals surface area contributed by atoms with Crippen LogP contribution in [0.3, 0.4) is 0 Å². The molecule has 0 N–H and O–H groups in total. The van der Waals surface area contributed by atoms with Crippen LogP contribution in [0.15, 0.2) is 70.8 Å². The number of amides is 1. The van der Waals surface area contributed by atoms with Crippen LogP contribution in [0.4, 0.5) is 5.82 Å². The molecule has 23 heavy (non-hydrogen) atoms. The smallest absolute Gasteiger partial charge is 0.252 e. The predicted molar refractivity (Wildman–Crippen MR) is 92.2 cm³/mol. The first-order valence-corrected chi connectivity index (χ1v) is 8.13. The molecular formula is C18H16N2O2S. The lowest BCUT2D eigenvalue weighted by Gasteiger charge is -2.25. The zero-order chi connectivity index (χ0) is 16.1. The van der Waals surface area contributed by atoms with Crippen LogP contribution in [0.25, 0.3) is 6.08 Å². The highest BCUT2D eigenvalue weighted by atomic mass is 32.1. The van der Waals surface area contributed by atoms with Crippen LogP contribution in [0.5, 0.6) is 0 Å². The van der Waals surface area contributed by atoms with Crippen LogP contribution in [0, 0.1) is 0 Å². The van der Waals surface area contributed by atoms with Gasteiger partial charge in [-0.3, -0.25) is 9.69 Å². The number of rotatable bonds is 5. The van der Waals surface area contributed by atoms with Gasteiger partial charge in [0.1, 0.15) is 11.6 Å². The number of furan rings is 1. The van der Waals surface area contributed by atoms with Gasteiger partial charge in [-0.1, -0.05) is 12.1 Å². The highest BCUT2D eigenvalue weighted by Gasteiger charge is 2.24. The van der Waals surface area contributed by atoms with Crippen LogP contribution >= 0.6 is 11.3 Å². The third kappa shape index (κ3) is 3.57. The second-order valence-corrected chi connectivity index (χ2v) is 5.92. The Bertz CT molecular complexity index is 765. The molecule has 0 aliphatic carbocycles. The summed E-state index contributed by atoms with van der Waals surface area (Å²) in [7, 11) is 0. The Morgan fingerprint density at radius 2 is 2.17 bits per heavy atom. The van der Waals surface area contributed by atoms with Gasteiger partial charge in [-0.05, 0) is 48.7 Å². The molecule has 0 aliphatic rings. The van der Waals surface area contributed by atoms with Crippen molar-refractivity contribution in [3.8, 4) is 0 Å². The molecule has 0 aromatic carbocycles. The first kappa shape index (κ1) is 15.2. The number of pyridine rings is 1. The summed E-state index contributed by atoms with van der Waals surface area (Å²) < 4.78 is 5.45. The lowest BCUT2D eigenvalue weighted by Crippen LogP contribution is -2.32. The summed E-state index contributed by atoms with van der Waals surface area (Å²) in [6, 6.07) is 12.8. The maximum atomic E-state index is 12.7. The summed E-state index contributed by atoms with van der Waals surface area (Å²) in [4.78, 5) is 19.7. The highest BCUT2D eigenvalue weighted by molar-refractivity contribution is 7.10. The van der Waals surface area contributed by atoms with E-state index in [1.165, 1.54) is 0 Å². The van der Waals surface area contributed by atoms with Gasteiger partial charge in [0.05, 0.1) is 12.3 Å². The van der Waals surface area contributed by atoms with Crippen LogP contribution in [0.1, 0.15) is 23.6 Å². The summed E-state index contributed by atoms with van der Waals surface area (Å²) >= 11 is 1.59. The minimum atomic E-state index is -0.250. The number of hydrogen-bond donors (Lipinski definition) is 0. The molecule has 5 heteroatoms. The van der Waals surface area contributed by atoms with E-state index in [9.17, 15) is 4.79 Å². The molecule has 0 fully saturated rings. The standard InChI is InChI=1S/C18H16N2O2S/c1-14(16-7-4-12-22-16)20(17-8-2-3-11-19-17)18(21)10-9-15-6-5-13-23-15/h2-14H,1H3/b10-9+/t14-/m0/s1. The summed E-state index contributed by atoms with van der Waals surface area (Å²) in [5, 5.41) is 1.98. The SMILES string of the molecule is C[C@@H](c1ccco1)N(C(=O)/C=C/c1cccs1)c1ccccn1. The van der Waals surface area contributed by atoms with Crippen molar-refractivity contribution in [1.29, 1.82) is 0 Å². The third-order valence-electron chi connectivity index (χ3n) is 3.41. The molecular weight excluding hydrogens is 308 g/mol. The van der Waals surface area contributed by atoms with Crippen molar-refractivity contribution < 1.29 is 9.21 Å². The monoisotopic (exact) mass is 324 g/mol. The second kappa shape index (κ2) is 7.07. The lowest BCUT2D eigenvalue weighted by atomic mass is 10.2. The molecule has 1 atom stereocenters. The van der Waals surface area contributed by atoms with E-state index in [0.29, 0.717) is 11.6 Å². The number of thiophene rings is 1. The van der Waals surface area contributed by atoms with Gasteiger partial charge >= 0.3 is 0 Å². The molecule has 116 valence electrons. The molecule has 0 spiro atoms. The molecule has 0 radical (unpaired) electrons. The molecule has 3 heterocycles. The molecule has 1 amide bonds. The van der Waals surface area contributed by atoms with E-state index in [1.807, 2.05) is 60.8 Å². The molecule has 0 unspecified atom stereocenters. The maximum Gasteiger partial charge on any atom is 0.252 e. The van der Waals surface area contributed by atoms with Crippen molar-refractivity contribution in [1.82, 2.24) is 4.98 Å². The largest absolute Gasteiger partial charge is 0.467 e. The topological polar surface area (TPSA) is 46.3 Å². The Labute approximate surface area is 138 Å². The molecule has 4 nitrogen and oxygen atoms in total. The Morgan fingerprint density at radius 3 is 2.83 bits per heavy atom. The molecule has 3 aromatic heterocycles. The molecule has 3 rings (SSSR count). The molecule has 0 saturated carbocycles. The number of carbonyl (C=O) groups is 1. The Kier molecular flexibility index (Phi) is 4.68. The summed E-state index contributed by atoms with van der Waals surface area (Å²) in [6.07, 6.45) is 6.67. The van der Waals surface area contributed by atoms with Crippen molar-refractivity contribution in [3.05, 3.63) is 77.0 Å². The van der Waals surface area contributed by atoms with Gasteiger partial charge in [-0.2, -0.15) is 0 Å².